The first-order chi connectivity index (χ1) is 9.56. The minimum atomic E-state index is 0.795. The van der Waals surface area contributed by atoms with Gasteiger partial charge in [-0.25, -0.2) is 9.97 Å². The Morgan fingerprint density at radius 1 is 1.25 bits per heavy atom. The maximum Gasteiger partial charge on any atom is 0.162 e. The van der Waals surface area contributed by atoms with Crippen LogP contribution in [0.4, 0.5) is 5.82 Å². The van der Waals surface area contributed by atoms with Crippen LogP contribution in [0.15, 0.2) is 22.7 Å². The Hall–Kier alpha value is -0.690. The molecule has 20 heavy (non-hydrogen) atoms. The van der Waals surface area contributed by atoms with E-state index in [9.17, 15) is 0 Å². The van der Waals surface area contributed by atoms with Crippen LogP contribution in [-0.2, 0) is 6.42 Å². The fourth-order valence-electron chi connectivity index (χ4n) is 2.01. The van der Waals surface area contributed by atoms with Gasteiger partial charge in [0.1, 0.15) is 5.82 Å². The number of nitrogens with one attached hydrogen (secondary N) is 1. The van der Waals surface area contributed by atoms with Gasteiger partial charge in [-0.1, -0.05) is 22.9 Å². The monoisotopic (exact) mass is 445 g/mol. The van der Waals surface area contributed by atoms with Gasteiger partial charge in [-0.2, -0.15) is 0 Å². The average Bonchev–Trinajstić information content (AvgIpc) is 2.41. The molecule has 0 atom stereocenters. The van der Waals surface area contributed by atoms with Crippen LogP contribution in [0, 0.1) is 10.5 Å². The highest BCUT2D eigenvalue weighted by Crippen LogP contribution is 2.27. The van der Waals surface area contributed by atoms with Crippen LogP contribution in [-0.4, -0.2) is 16.5 Å². The fraction of sp³-hybridized carbons (Fsp3) is 0.333. The molecule has 0 aliphatic carbocycles. The third kappa shape index (κ3) is 3.31. The van der Waals surface area contributed by atoms with E-state index in [1.54, 1.807) is 0 Å². The highest BCUT2D eigenvalue weighted by molar-refractivity contribution is 14.1. The van der Waals surface area contributed by atoms with E-state index in [4.69, 9.17) is 4.98 Å². The normalized spacial score (nSPS) is 10.7. The summed E-state index contributed by atoms with van der Waals surface area (Å²) in [5.74, 6) is 1.72. The molecule has 0 aliphatic heterocycles. The van der Waals surface area contributed by atoms with Gasteiger partial charge in [0.25, 0.3) is 0 Å². The van der Waals surface area contributed by atoms with E-state index < -0.39 is 0 Å². The number of hydrogen-bond donors (Lipinski definition) is 1. The molecule has 5 heteroatoms. The Labute approximate surface area is 141 Å². The van der Waals surface area contributed by atoms with Crippen LogP contribution in [0.25, 0.3) is 11.4 Å². The molecule has 0 amide bonds. The van der Waals surface area contributed by atoms with Crippen molar-refractivity contribution in [3.8, 4) is 11.4 Å². The number of halogens is 2. The first-order valence-corrected chi connectivity index (χ1v) is 8.50. The van der Waals surface area contributed by atoms with Crippen LogP contribution in [0.5, 0.6) is 0 Å². The molecule has 0 saturated heterocycles. The second-order valence-corrected chi connectivity index (χ2v) is 6.49. The number of rotatable bonds is 4. The van der Waals surface area contributed by atoms with E-state index in [1.165, 1.54) is 5.56 Å². The van der Waals surface area contributed by atoms with Crippen molar-refractivity contribution in [2.75, 3.05) is 11.9 Å². The summed E-state index contributed by atoms with van der Waals surface area (Å²) in [5.41, 5.74) is 3.34. The topological polar surface area (TPSA) is 37.8 Å². The summed E-state index contributed by atoms with van der Waals surface area (Å²) >= 11 is 5.81. The van der Waals surface area contributed by atoms with Crippen molar-refractivity contribution in [3.63, 3.8) is 0 Å². The largest absolute Gasteiger partial charge is 0.369 e. The van der Waals surface area contributed by atoms with Gasteiger partial charge < -0.3 is 5.32 Å². The lowest BCUT2D eigenvalue weighted by molar-refractivity contribution is 0.981. The molecule has 2 rings (SSSR count). The van der Waals surface area contributed by atoms with Crippen LogP contribution >= 0.6 is 38.5 Å². The molecule has 0 saturated carbocycles. The number of aryl methyl sites for hydroxylation is 2. The summed E-state index contributed by atoms with van der Waals surface area (Å²) in [6.45, 7) is 7.14. The van der Waals surface area contributed by atoms with Crippen LogP contribution in [0.3, 0.4) is 0 Å². The lowest BCUT2D eigenvalue weighted by Gasteiger charge is -2.12. The zero-order chi connectivity index (χ0) is 14.7. The molecule has 1 aromatic heterocycles. The molecule has 106 valence electrons. The lowest BCUT2D eigenvalue weighted by atomic mass is 10.1. The van der Waals surface area contributed by atoms with Crippen molar-refractivity contribution in [2.45, 2.75) is 27.2 Å². The van der Waals surface area contributed by atoms with Gasteiger partial charge in [-0.15, -0.1) is 0 Å². The van der Waals surface area contributed by atoms with Crippen molar-refractivity contribution in [1.82, 2.24) is 9.97 Å². The Balaban J connectivity index is 2.58. The molecule has 0 aliphatic rings. The third-order valence-corrected chi connectivity index (χ3v) is 4.66. The van der Waals surface area contributed by atoms with E-state index in [0.717, 1.165) is 43.9 Å². The quantitative estimate of drug-likeness (QED) is 0.686. The molecule has 0 bridgehead atoms. The Bertz CT molecular complexity index is 629. The fourth-order valence-corrected chi connectivity index (χ4v) is 3.30. The molecule has 1 aromatic carbocycles. The third-order valence-electron chi connectivity index (χ3n) is 3.03. The lowest BCUT2D eigenvalue weighted by Crippen LogP contribution is -2.08. The van der Waals surface area contributed by atoms with E-state index >= 15 is 0 Å². The zero-order valence-electron chi connectivity index (χ0n) is 11.8. The molecule has 2 aromatic rings. The van der Waals surface area contributed by atoms with Gasteiger partial charge in [0.15, 0.2) is 5.82 Å². The summed E-state index contributed by atoms with van der Waals surface area (Å²) in [6, 6.07) is 6.19. The van der Waals surface area contributed by atoms with Crippen molar-refractivity contribution < 1.29 is 0 Å². The minimum Gasteiger partial charge on any atom is -0.369 e. The van der Waals surface area contributed by atoms with E-state index in [2.05, 4.69) is 81.7 Å². The number of anilines is 1. The van der Waals surface area contributed by atoms with E-state index in [1.807, 2.05) is 6.07 Å². The number of benzene rings is 1. The molecule has 0 fully saturated rings. The van der Waals surface area contributed by atoms with Crippen molar-refractivity contribution in [1.29, 1.82) is 0 Å². The van der Waals surface area contributed by atoms with Crippen molar-refractivity contribution in [3.05, 3.63) is 37.5 Å². The molecule has 1 heterocycles. The van der Waals surface area contributed by atoms with Gasteiger partial charge in [-0.3, -0.25) is 0 Å². The smallest absolute Gasteiger partial charge is 0.162 e. The van der Waals surface area contributed by atoms with E-state index in [-0.39, 0.29) is 0 Å². The summed E-state index contributed by atoms with van der Waals surface area (Å²) in [5, 5.41) is 3.32. The predicted octanol–water partition coefficient (Wildman–Crippen LogP) is 4.81. The highest BCUT2D eigenvalue weighted by Gasteiger charge is 2.13. The van der Waals surface area contributed by atoms with Gasteiger partial charge in [-0.05, 0) is 66.6 Å². The summed E-state index contributed by atoms with van der Waals surface area (Å²) < 4.78 is 2.19. The Kier molecular flexibility index (Phi) is 5.37. The zero-order valence-corrected chi connectivity index (χ0v) is 15.5. The minimum absolute atomic E-state index is 0.795. The van der Waals surface area contributed by atoms with Crippen molar-refractivity contribution >= 4 is 44.3 Å². The number of nitrogens with zero attached hydrogens (tertiary/aromatic N) is 2. The number of hydrogen-bond acceptors (Lipinski definition) is 3. The van der Waals surface area contributed by atoms with Gasteiger partial charge >= 0.3 is 0 Å². The molecule has 3 nitrogen and oxygen atoms in total. The predicted molar refractivity (Wildman–Crippen MR) is 96.2 cm³/mol. The second-order valence-electron chi connectivity index (χ2n) is 4.50. The molecule has 0 unspecified atom stereocenters. The maximum absolute atomic E-state index is 4.72. The van der Waals surface area contributed by atoms with Gasteiger partial charge in [0.05, 0.1) is 9.26 Å². The molecular formula is C15H17BrIN3. The molecule has 0 radical (unpaired) electrons. The van der Waals surface area contributed by atoms with Crippen LogP contribution in [0.2, 0.25) is 0 Å². The Morgan fingerprint density at radius 2 is 2.00 bits per heavy atom. The van der Waals surface area contributed by atoms with Crippen LogP contribution in [0.1, 0.15) is 25.1 Å². The second kappa shape index (κ2) is 6.85. The average molecular weight is 446 g/mol. The van der Waals surface area contributed by atoms with Gasteiger partial charge in [0.2, 0.25) is 0 Å². The number of aromatic nitrogens is 2. The van der Waals surface area contributed by atoms with Crippen molar-refractivity contribution in [2.24, 2.45) is 0 Å². The summed E-state index contributed by atoms with van der Waals surface area (Å²) in [6.07, 6.45) is 0.905. The Morgan fingerprint density at radius 3 is 2.60 bits per heavy atom. The highest BCUT2D eigenvalue weighted by atomic mass is 127. The van der Waals surface area contributed by atoms with Gasteiger partial charge in [0, 0.05) is 16.6 Å². The first kappa shape index (κ1) is 15.7. The molecule has 1 N–H and O–H groups in total. The summed E-state index contributed by atoms with van der Waals surface area (Å²) in [4.78, 5) is 9.41. The summed E-state index contributed by atoms with van der Waals surface area (Å²) in [7, 11) is 0. The molecule has 0 spiro atoms. The van der Waals surface area contributed by atoms with Crippen LogP contribution < -0.4 is 5.32 Å². The molecular weight excluding hydrogens is 429 g/mol. The first-order valence-electron chi connectivity index (χ1n) is 6.63. The van der Waals surface area contributed by atoms with E-state index in [0.29, 0.717) is 0 Å². The standard InChI is InChI=1S/C15H17BrIN3/c1-4-12-13(17)15(18-5-2)20-14(19-12)11-7-6-10(16)8-9(11)3/h6-8H,4-5H2,1-3H3,(H,18,19,20). The SMILES string of the molecule is CCNc1nc(-c2ccc(Br)cc2C)nc(CC)c1I. The maximum atomic E-state index is 4.72.